The standard InChI is InChI=1S/C24H46N6O4S/c1-23(2)14-24(15-23,34-5)17-8-9-25-20(10-17)30-13-18(12-27-30)35(31,32)28-21-19(33-4)7-6-16-11-26-29(3)22(16)21/h16-22,25-28H,6-15H2,1-5H3. The van der Waals surface area contributed by atoms with Gasteiger partial charge in [0.15, 0.2) is 0 Å². The molecule has 0 aromatic heterocycles. The lowest BCUT2D eigenvalue weighted by Crippen LogP contribution is -2.62. The number of nitrogens with one attached hydrogen (secondary N) is 4. The van der Waals surface area contributed by atoms with Crippen molar-refractivity contribution >= 4 is 10.0 Å². The molecule has 3 aliphatic heterocycles. The number of hydrogen-bond acceptors (Lipinski definition) is 9. The molecular weight excluding hydrogens is 468 g/mol. The van der Waals surface area contributed by atoms with Gasteiger partial charge in [0.05, 0.1) is 23.9 Å². The van der Waals surface area contributed by atoms with Crippen LogP contribution in [0.1, 0.15) is 52.4 Å². The van der Waals surface area contributed by atoms with E-state index in [0.717, 1.165) is 51.6 Å². The smallest absolute Gasteiger partial charge is 0.217 e. The van der Waals surface area contributed by atoms with Crippen LogP contribution in [0.5, 0.6) is 0 Å². The van der Waals surface area contributed by atoms with Gasteiger partial charge in [-0.25, -0.2) is 23.2 Å². The van der Waals surface area contributed by atoms with E-state index >= 15 is 0 Å². The van der Waals surface area contributed by atoms with Crippen LogP contribution < -0.4 is 20.9 Å². The van der Waals surface area contributed by atoms with Crippen molar-refractivity contribution in [1.82, 2.24) is 30.9 Å². The van der Waals surface area contributed by atoms with Crippen molar-refractivity contribution in [1.29, 1.82) is 0 Å². The predicted molar refractivity (Wildman–Crippen MR) is 135 cm³/mol. The first-order valence-electron chi connectivity index (χ1n) is 13.4. The first kappa shape index (κ1) is 26.2. The monoisotopic (exact) mass is 514 g/mol. The number of likely N-dealkylation sites (N-methyl/N-ethyl adjacent to an activating group) is 1. The van der Waals surface area contributed by atoms with Crippen molar-refractivity contribution in [3.05, 3.63) is 0 Å². The van der Waals surface area contributed by atoms with E-state index in [4.69, 9.17) is 9.47 Å². The lowest BCUT2D eigenvalue weighted by atomic mass is 9.55. The van der Waals surface area contributed by atoms with E-state index in [9.17, 15) is 8.42 Å². The van der Waals surface area contributed by atoms with E-state index in [1.54, 1.807) is 7.11 Å². The van der Waals surface area contributed by atoms with Crippen molar-refractivity contribution < 1.29 is 17.9 Å². The largest absolute Gasteiger partial charge is 0.380 e. The van der Waals surface area contributed by atoms with Gasteiger partial charge in [-0.15, -0.1) is 0 Å². The second kappa shape index (κ2) is 9.74. The molecule has 0 aromatic carbocycles. The van der Waals surface area contributed by atoms with Gasteiger partial charge in [-0.2, -0.15) is 0 Å². The van der Waals surface area contributed by atoms with Crippen LogP contribution in [0.3, 0.4) is 0 Å². The summed E-state index contributed by atoms with van der Waals surface area (Å²) < 4.78 is 42.1. The fraction of sp³-hybridized carbons (Fsp3) is 1.00. The van der Waals surface area contributed by atoms with Crippen LogP contribution in [0.15, 0.2) is 0 Å². The molecule has 2 saturated carbocycles. The molecule has 35 heavy (non-hydrogen) atoms. The third-order valence-electron chi connectivity index (χ3n) is 9.55. The molecule has 0 spiro atoms. The lowest BCUT2D eigenvalue weighted by molar-refractivity contribution is -0.184. The van der Waals surface area contributed by atoms with Crippen molar-refractivity contribution in [2.75, 3.05) is 47.4 Å². The van der Waals surface area contributed by atoms with Gasteiger partial charge in [0.1, 0.15) is 5.25 Å². The van der Waals surface area contributed by atoms with Gasteiger partial charge in [-0.3, -0.25) is 10.9 Å². The molecule has 5 rings (SSSR count). The zero-order valence-electron chi connectivity index (χ0n) is 22.0. The molecule has 11 heteroatoms. The number of hydrazine groups is 2. The highest BCUT2D eigenvalue weighted by Crippen LogP contribution is 2.55. The number of sulfonamides is 1. The number of piperidine rings is 1. The molecule has 7 atom stereocenters. The first-order valence-corrected chi connectivity index (χ1v) is 14.9. The Morgan fingerprint density at radius 3 is 2.51 bits per heavy atom. The van der Waals surface area contributed by atoms with E-state index in [2.05, 4.69) is 44.8 Å². The lowest BCUT2D eigenvalue weighted by Gasteiger charge is -2.57. The predicted octanol–water partition coefficient (Wildman–Crippen LogP) is 0.238. The number of rotatable bonds is 7. The highest BCUT2D eigenvalue weighted by Gasteiger charge is 2.55. The molecule has 0 amide bonds. The molecule has 2 aliphatic carbocycles. The Balaban J connectivity index is 1.22. The van der Waals surface area contributed by atoms with Crippen LogP contribution in [0, 0.1) is 17.3 Å². The van der Waals surface area contributed by atoms with Gasteiger partial charge in [0.2, 0.25) is 10.0 Å². The zero-order valence-corrected chi connectivity index (χ0v) is 22.9. The molecule has 0 bridgehead atoms. The van der Waals surface area contributed by atoms with Crippen molar-refractivity contribution in [3.63, 3.8) is 0 Å². The summed E-state index contributed by atoms with van der Waals surface area (Å²) in [6, 6.07) is -0.148. The minimum Gasteiger partial charge on any atom is -0.380 e. The summed E-state index contributed by atoms with van der Waals surface area (Å²) >= 11 is 0. The van der Waals surface area contributed by atoms with Crippen LogP contribution in [-0.2, 0) is 19.5 Å². The summed E-state index contributed by atoms with van der Waals surface area (Å²) in [6.07, 6.45) is 6.17. The van der Waals surface area contributed by atoms with E-state index in [-0.39, 0.29) is 30.0 Å². The van der Waals surface area contributed by atoms with Gasteiger partial charge >= 0.3 is 0 Å². The quantitative estimate of drug-likeness (QED) is 0.380. The van der Waals surface area contributed by atoms with E-state index < -0.39 is 15.3 Å². The third-order valence-corrected chi connectivity index (χ3v) is 11.3. The molecule has 4 N–H and O–H groups in total. The highest BCUT2D eigenvalue weighted by atomic mass is 32.2. The van der Waals surface area contributed by atoms with Crippen molar-refractivity contribution in [3.8, 4) is 0 Å². The number of fused-ring (bicyclic) bond motifs is 1. The summed E-state index contributed by atoms with van der Waals surface area (Å²) in [4.78, 5) is 0. The third kappa shape index (κ3) is 4.93. The number of ether oxygens (including phenoxy) is 2. The van der Waals surface area contributed by atoms with Crippen LogP contribution in [0.25, 0.3) is 0 Å². The molecule has 0 aromatic rings. The normalized spacial score (nSPS) is 42.0. The zero-order chi connectivity index (χ0) is 25.0. The summed E-state index contributed by atoms with van der Waals surface area (Å²) in [5.74, 6) is 0.916. The van der Waals surface area contributed by atoms with E-state index in [1.165, 1.54) is 0 Å². The van der Waals surface area contributed by atoms with Gasteiger partial charge in [-0.05, 0) is 62.3 Å². The fourth-order valence-electron chi connectivity index (χ4n) is 7.88. The molecule has 3 saturated heterocycles. The van der Waals surface area contributed by atoms with Crippen molar-refractivity contribution in [2.24, 2.45) is 17.3 Å². The fourth-order valence-corrected chi connectivity index (χ4v) is 9.39. The van der Waals surface area contributed by atoms with Gasteiger partial charge in [-0.1, -0.05) is 13.8 Å². The van der Waals surface area contributed by atoms with Gasteiger partial charge in [0.25, 0.3) is 0 Å². The van der Waals surface area contributed by atoms with Gasteiger partial charge < -0.3 is 14.8 Å². The Bertz CT molecular complexity index is 864. The minimum absolute atomic E-state index is 0.0371. The average molecular weight is 515 g/mol. The maximum atomic E-state index is 13.6. The Kier molecular flexibility index (Phi) is 7.30. The molecule has 7 unspecified atom stereocenters. The molecular formula is C24H46N6O4S. The maximum absolute atomic E-state index is 13.6. The molecule has 3 heterocycles. The number of hydrogen-bond donors (Lipinski definition) is 4. The van der Waals surface area contributed by atoms with Gasteiger partial charge in [0, 0.05) is 46.9 Å². The summed E-state index contributed by atoms with van der Waals surface area (Å²) in [5, 5.41) is 7.31. The SMILES string of the molecule is COC1CCC2CNN(C)C2C1NS(=O)(=O)C1CNN(C2CC(C3(OC)CC(C)(C)C3)CCN2)C1. The minimum atomic E-state index is -3.53. The second-order valence-electron chi connectivity index (χ2n) is 12.4. The molecule has 0 radical (unpaired) electrons. The van der Waals surface area contributed by atoms with E-state index in [0.29, 0.717) is 30.3 Å². The van der Waals surface area contributed by atoms with E-state index in [1.807, 2.05) is 14.2 Å². The van der Waals surface area contributed by atoms with Crippen LogP contribution in [0.2, 0.25) is 0 Å². The van der Waals surface area contributed by atoms with Crippen LogP contribution in [0.4, 0.5) is 0 Å². The summed E-state index contributed by atoms with van der Waals surface area (Å²) in [6.45, 7) is 7.34. The Morgan fingerprint density at radius 2 is 1.83 bits per heavy atom. The van der Waals surface area contributed by atoms with Crippen molar-refractivity contribution in [2.45, 2.75) is 87.6 Å². The van der Waals surface area contributed by atoms with Crippen LogP contribution >= 0.6 is 0 Å². The summed E-state index contributed by atoms with van der Waals surface area (Å²) in [5.41, 5.74) is 7.08. The topological polar surface area (TPSA) is 107 Å². The Morgan fingerprint density at radius 1 is 1.06 bits per heavy atom. The molecule has 10 nitrogen and oxygen atoms in total. The number of nitrogens with zero attached hydrogens (tertiary/aromatic N) is 2. The number of methoxy groups -OCH3 is 2. The Labute approximate surface area is 211 Å². The summed E-state index contributed by atoms with van der Waals surface area (Å²) in [7, 11) is 2.02. The molecule has 202 valence electrons. The highest BCUT2D eigenvalue weighted by molar-refractivity contribution is 7.90. The Hall–Kier alpha value is -0.370. The van der Waals surface area contributed by atoms with Crippen LogP contribution in [-0.4, -0.2) is 101 Å². The average Bonchev–Trinajstić information content (AvgIpc) is 3.45. The first-order chi connectivity index (χ1) is 16.6. The maximum Gasteiger partial charge on any atom is 0.217 e. The molecule has 5 aliphatic rings. The molecule has 5 fully saturated rings. The second-order valence-corrected chi connectivity index (χ2v) is 14.4.